The fraction of sp³-hybridized carbons (Fsp3) is 0.111. The molecule has 2 nitrogen and oxygen atoms in total. The van der Waals surface area contributed by atoms with Gasteiger partial charge in [-0.15, -0.1) is 0 Å². The van der Waals surface area contributed by atoms with Crippen molar-refractivity contribution >= 4 is 5.69 Å². The lowest BCUT2D eigenvalue weighted by Crippen LogP contribution is -1.85. The van der Waals surface area contributed by atoms with E-state index < -0.39 is 0 Å². The second kappa shape index (κ2) is 3.66. The van der Waals surface area contributed by atoms with Crippen molar-refractivity contribution < 1.29 is 4.74 Å². The third kappa shape index (κ3) is 2.34. The van der Waals surface area contributed by atoms with Crippen molar-refractivity contribution in [2.45, 2.75) is 6.92 Å². The Bertz CT molecular complexity index is 255. The first-order valence-electron chi connectivity index (χ1n) is 3.46. The fourth-order valence-corrected chi connectivity index (χ4v) is 0.734. The summed E-state index contributed by atoms with van der Waals surface area (Å²) in [6.07, 6.45) is 3.44. The number of benzene rings is 1. The van der Waals surface area contributed by atoms with Crippen LogP contribution in [-0.4, -0.2) is 0 Å². The zero-order chi connectivity index (χ0) is 8.10. The van der Waals surface area contributed by atoms with Gasteiger partial charge in [-0.25, -0.2) is 0 Å². The summed E-state index contributed by atoms with van der Waals surface area (Å²) >= 11 is 0. The molecule has 0 heterocycles. The maximum atomic E-state index is 5.53. The SMILES string of the molecule is CC=COc1cccc(N)c1. The average Bonchev–Trinajstić information content (AvgIpc) is 2.01. The minimum absolute atomic E-state index is 0.715. The van der Waals surface area contributed by atoms with E-state index in [0.29, 0.717) is 5.69 Å². The molecule has 0 atom stereocenters. The summed E-state index contributed by atoms with van der Waals surface area (Å²) in [5.74, 6) is 0.767. The van der Waals surface area contributed by atoms with Crippen LogP contribution in [0.5, 0.6) is 5.75 Å². The average molecular weight is 149 g/mol. The first-order chi connectivity index (χ1) is 5.33. The molecule has 0 saturated heterocycles. The van der Waals surface area contributed by atoms with Crippen LogP contribution in [0.3, 0.4) is 0 Å². The molecule has 0 aliphatic rings. The summed E-state index contributed by atoms with van der Waals surface area (Å²) in [6.45, 7) is 1.90. The van der Waals surface area contributed by atoms with Gasteiger partial charge in [-0.1, -0.05) is 12.1 Å². The van der Waals surface area contributed by atoms with E-state index in [1.807, 2.05) is 31.2 Å². The first kappa shape index (κ1) is 7.66. The summed E-state index contributed by atoms with van der Waals surface area (Å²) in [4.78, 5) is 0. The minimum Gasteiger partial charge on any atom is -0.465 e. The van der Waals surface area contributed by atoms with E-state index in [0.717, 1.165) is 5.75 Å². The molecule has 0 unspecified atom stereocenters. The van der Waals surface area contributed by atoms with Gasteiger partial charge in [-0.3, -0.25) is 0 Å². The van der Waals surface area contributed by atoms with Crippen molar-refractivity contribution in [2.75, 3.05) is 5.73 Å². The molecule has 0 aliphatic carbocycles. The Morgan fingerprint density at radius 3 is 2.91 bits per heavy atom. The Morgan fingerprint density at radius 2 is 2.27 bits per heavy atom. The lowest BCUT2D eigenvalue weighted by atomic mass is 10.3. The van der Waals surface area contributed by atoms with Gasteiger partial charge in [0.15, 0.2) is 0 Å². The van der Waals surface area contributed by atoms with E-state index in [1.165, 1.54) is 0 Å². The van der Waals surface area contributed by atoms with Gasteiger partial charge in [0.1, 0.15) is 5.75 Å². The van der Waals surface area contributed by atoms with E-state index in [1.54, 1.807) is 12.3 Å². The van der Waals surface area contributed by atoms with E-state index >= 15 is 0 Å². The highest BCUT2D eigenvalue weighted by Gasteiger charge is 1.89. The third-order valence-corrected chi connectivity index (χ3v) is 1.20. The summed E-state index contributed by atoms with van der Waals surface area (Å²) in [6, 6.07) is 7.31. The minimum atomic E-state index is 0.715. The molecule has 2 heteroatoms. The Hall–Kier alpha value is -1.44. The quantitative estimate of drug-likeness (QED) is 0.516. The Balaban J connectivity index is 2.71. The predicted octanol–water partition coefficient (Wildman–Crippen LogP) is 2.18. The zero-order valence-corrected chi connectivity index (χ0v) is 6.45. The molecule has 1 rings (SSSR count). The van der Waals surface area contributed by atoms with E-state index in [-0.39, 0.29) is 0 Å². The molecule has 0 saturated carbocycles. The standard InChI is InChI=1S/C9H11NO/c1-2-6-11-9-5-3-4-8(10)7-9/h2-7H,10H2,1H3. The van der Waals surface area contributed by atoms with E-state index in [2.05, 4.69) is 0 Å². The highest BCUT2D eigenvalue weighted by atomic mass is 16.5. The highest BCUT2D eigenvalue weighted by molar-refractivity contribution is 5.43. The molecule has 0 bridgehead atoms. The van der Waals surface area contributed by atoms with Gasteiger partial charge in [0.05, 0.1) is 6.26 Å². The van der Waals surface area contributed by atoms with Gasteiger partial charge < -0.3 is 10.5 Å². The van der Waals surface area contributed by atoms with Gasteiger partial charge in [-0.05, 0) is 19.1 Å². The van der Waals surface area contributed by atoms with Gasteiger partial charge >= 0.3 is 0 Å². The largest absolute Gasteiger partial charge is 0.465 e. The Kier molecular flexibility index (Phi) is 2.55. The van der Waals surface area contributed by atoms with Crippen molar-refractivity contribution in [1.82, 2.24) is 0 Å². The molecular formula is C9H11NO. The van der Waals surface area contributed by atoms with Gasteiger partial charge in [-0.2, -0.15) is 0 Å². The van der Waals surface area contributed by atoms with Crippen molar-refractivity contribution in [3.63, 3.8) is 0 Å². The molecule has 58 valence electrons. The topological polar surface area (TPSA) is 35.2 Å². The van der Waals surface area contributed by atoms with Crippen LogP contribution >= 0.6 is 0 Å². The lowest BCUT2D eigenvalue weighted by Gasteiger charge is -1.99. The number of allylic oxidation sites excluding steroid dienone is 1. The van der Waals surface area contributed by atoms with Crippen LogP contribution < -0.4 is 10.5 Å². The number of nitrogens with two attached hydrogens (primary N) is 1. The monoisotopic (exact) mass is 149 g/mol. The summed E-state index contributed by atoms with van der Waals surface area (Å²) < 4.78 is 5.18. The number of hydrogen-bond acceptors (Lipinski definition) is 2. The van der Waals surface area contributed by atoms with Gasteiger partial charge in [0.25, 0.3) is 0 Å². The molecule has 1 aromatic carbocycles. The molecule has 0 fully saturated rings. The molecule has 0 amide bonds. The second-order valence-corrected chi connectivity index (χ2v) is 2.16. The number of rotatable bonds is 2. The van der Waals surface area contributed by atoms with E-state index in [9.17, 15) is 0 Å². The van der Waals surface area contributed by atoms with Crippen molar-refractivity contribution in [3.8, 4) is 5.75 Å². The van der Waals surface area contributed by atoms with Crippen LogP contribution in [-0.2, 0) is 0 Å². The molecule has 2 N–H and O–H groups in total. The summed E-state index contributed by atoms with van der Waals surface area (Å²) in [5.41, 5.74) is 6.24. The van der Waals surface area contributed by atoms with Crippen LogP contribution in [0.25, 0.3) is 0 Å². The number of nitrogen functional groups attached to an aromatic ring is 1. The normalized spacial score (nSPS) is 10.3. The van der Waals surface area contributed by atoms with Crippen LogP contribution in [0.4, 0.5) is 5.69 Å². The van der Waals surface area contributed by atoms with Crippen LogP contribution in [0.1, 0.15) is 6.92 Å². The van der Waals surface area contributed by atoms with Gasteiger partial charge in [0, 0.05) is 11.8 Å². The van der Waals surface area contributed by atoms with Crippen molar-refractivity contribution in [3.05, 3.63) is 36.6 Å². The second-order valence-electron chi connectivity index (χ2n) is 2.16. The van der Waals surface area contributed by atoms with Crippen LogP contribution in [0, 0.1) is 0 Å². The third-order valence-electron chi connectivity index (χ3n) is 1.20. The Labute approximate surface area is 66.3 Å². The lowest BCUT2D eigenvalue weighted by molar-refractivity contribution is 0.480. The van der Waals surface area contributed by atoms with E-state index in [4.69, 9.17) is 10.5 Å². The zero-order valence-electron chi connectivity index (χ0n) is 6.45. The first-order valence-corrected chi connectivity index (χ1v) is 3.46. The molecule has 11 heavy (non-hydrogen) atoms. The fourth-order valence-electron chi connectivity index (χ4n) is 0.734. The molecule has 0 spiro atoms. The maximum absolute atomic E-state index is 5.53. The summed E-state index contributed by atoms with van der Waals surface area (Å²) in [7, 11) is 0. The maximum Gasteiger partial charge on any atom is 0.128 e. The number of ether oxygens (including phenoxy) is 1. The molecule has 0 aliphatic heterocycles. The predicted molar refractivity (Wildman–Crippen MR) is 46.3 cm³/mol. The molecular weight excluding hydrogens is 138 g/mol. The Morgan fingerprint density at radius 1 is 1.45 bits per heavy atom. The van der Waals surface area contributed by atoms with Crippen LogP contribution in [0.2, 0.25) is 0 Å². The number of anilines is 1. The number of hydrogen-bond donors (Lipinski definition) is 1. The molecule has 0 aromatic heterocycles. The van der Waals surface area contributed by atoms with Crippen molar-refractivity contribution in [2.24, 2.45) is 0 Å². The van der Waals surface area contributed by atoms with Crippen LogP contribution in [0.15, 0.2) is 36.6 Å². The highest BCUT2D eigenvalue weighted by Crippen LogP contribution is 2.14. The van der Waals surface area contributed by atoms with Crippen molar-refractivity contribution in [1.29, 1.82) is 0 Å². The molecule has 0 radical (unpaired) electrons. The summed E-state index contributed by atoms with van der Waals surface area (Å²) in [5, 5.41) is 0. The molecule has 1 aromatic rings. The van der Waals surface area contributed by atoms with Gasteiger partial charge in [0.2, 0.25) is 0 Å². The smallest absolute Gasteiger partial charge is 0.128 e.